The van der Waals surface area contributed by atoms with Crippen LogP contribution in [0, 0.1) is 6.92 Å². The molecule has 0 bridgehead atoms. The molecule has 3 N–H and O–H groups in total. The van der Waals surface area contributed by atoms with E-state index in [1.165, 1.54) is 4.68 Å². The number of aryl methyl sites for hydroxylation is 1. The van der Waals surface area contributed by atoms with Gasteiger partial charge in [-0.15, -0.1) is 0 Å². The molecule has 1 aromatic carbocycles. The molecule has 0 saturated heterocycles. The number of rotatable bonds is 6. The molecule has 0 fully saturated rings. The van der Waals surface area contributed by atoms with Crippen molar-refractivity contribution in [3.63, 3.8) is 0 Å². The molecule has 0 aliphatic carbocycles. The van der Waals surface area contributed by atoms with E-state index < -0.39 is 6.03 Å². The fourth-order valence-electron chi connectivity index (χ4n) is 3.20. The highest BCUT2D eigenvalue weighted by Gasteiger charge is 2.23. The predicted octanol–water partition coefficient (Wildman–Crippen LogP) is 3.45. The van der Waals surface area contributed by atoms with Gasteiger partial charge in [0.25, 0.3) is 5.56 Å². The van der Waals surface area contributed by atoms with Crippen molar-refractivity contribution in [1.82, 2.24) is 25.1 Å². The molecule has 0 saturated carbocycles. The standard InChI is InChI=1S/C23H30N6O3/c1-7-17-14(2)25-21(27-20(17)30)29-19(12-18(28-29)23(3,4)5)26-22(31)24-13-15-8-10-16(32-6)11-9-15/h8-12H,7,13H2,1-6H3,(H2,24,26,31)(H,25,27,30). The van der Waals surface area contributed by atoms with Crippen molar-refractivity contribution >= 4 is 11.8 Å². The van der Waals surface area contributed by atoms with E-state index in [-0.39, 0.29) is 16.9 Å². The Kier molecular flexibility index (Phi) is 6.67. The van der Waals surface area contributed by atoms with Gasteiger partial charge in [-0.2, -0.15) is 9.78 Å². The summed E-state index contributed by atoms with van der Waals surface area (Å²) in [6.07, 6.45) is 0.583. The number of hydrogen-bond donors (Lipinski definition) is 3. The maximum absolute atomic E-state index is 12.6. The first-order chi connectivity index (χ1) is 15.1. The van der Waals surface area contributed by atoms with Crippen molar-refractivity contribution in [2.75, 3.05) is 12.4 Å². The second-order valence-electron chi connectivity index (χ2n) is 8.54. The van der Waals surface area contributed by atoms with E-state index in [2.05, 4.69) is 25.7 Å². The zero-order valence-electron chi connectivity index (χ0n) is 19.4. The molecular weight excluding hydrogens is 408 g/mol. The fraction of sp³-hybridized carbons (Fsp3) is 0.391. The SMILES string of the molecule is CCc1c(C)nc(-n2nc(C(C)(C)C)cc2NC(=O)NCc2ccc(OC)cc2)[nH]c1=O. The van der Waals surface area contributed by atoms with E-state index in [0.29, 0.717) is 30.0 Å². The van der Waals surface area contributed by atoms with Crippen LogP contribution in [0.25, 0.3) is 5.95 Å². The van der Waals surface area contributed by atoms with Crippen molar-refractivity contribution < 1.29 is 9.53 Å². The summed E-state index contributed by atoms with van der Waals surface area (Å²) in [6, 6.07) is 8.83. The summed E-state index contributed by atoms with van der Waals surface area (Å²) in [7, 11) is 1.61. The number of H-pyrrole nitrogens is 1. The van der Waals surface area contributed by atoms with Gasteiger partial charge < -0.3 is 10.1 Å². The van der Waals surface area contributed by atoms with Gasteiger partial charge >= 0.3 is 6.03 Å². The zero-order valence-corrected chi connectivity index (χ0v) is 19.4. The van der Waals surface area contributed by atoms with Crippen LogP contribution in [0.4, 0.5) is 10.6 Å². The van der Waals surface area contributed by atoms with Gasteiger partial charge in [0.2, 0.25) is 5.95 Å². The maximum atomic E-state index is 12.6. The Morgan fingerprint density at radius 2 is 1.91 bits per heavy atom. The third-order valence-corrected chi connectivity index (χ3v) is 5.10. The number of aromatic amines is 1. The lowest BCUT2D eigenvalue weighted by atomic mass is 9.92. The molecule has 2 aromatic heterocycles. The van der Waals surface area contributed by atoms with Crippen LogP contribution in [0.5, 0.6) is 5.75 Å². The van der Waals surface area contributed by atoms with Crippen LogP contribution in [0.15, 0.2) is 35.1 Å². The van der Waals surface area contributed by atoms with Gasteiger partial charge in [0.1, 0.15) is 11.6 Å². The minimum atomic E-state index is -0.397. The molecule has 2 amide bonds. The van der Waals surface area contributed by atoms with Crippen molar-refractivity contribution in [1.29, 1.82) is 0 Å². The van der Waals surface area contributed by atoms with Crippen LogP contribution in [-0.4, -0.2) is 32.9 Å². The first-order valence-corrected chi connectivity index (χ1v) is 10.5. The molecule has 9 nitrogen and oxygen atoms in total. The number of amides is 2. The summed E-state index contributed by atoms with van der Waals surface area (Å²) in [4.78, 5) is 32.4. The molecule has 9 heteroatoms. The van der Waals surface area contributed by atoms with E-state index in [0.717, 1.165) is 17.0 Å². The zero-order chi connectivity index (χ0) is 23.5. The van der Waals surface area contributed by atoms with Crippen molar-refractivity contribution in [3.05, 3.63) is 63.2 Å². The number of methoxy groups -OCH3 is 1. The maximum Gasteiger partial charge on any atom is 0.320 e. The minimum absolute atomic E-state index is 0.210. The van der Waals surface area contributed by atoms with Crippen molar-refractivity contribution in [3.8, 4) is 11.7 Å². The Morgan fingerprint density at radius 3 is 2.47 bits per heavy atom. The number of aromatic nitrogens is 4. The van der Waals surface area contributed by atoms with Gasteiger partial charge in [0, 0.05) is 29.3 Å². The van der Waals surface area contributed by atoms with Crippen LogP contribution in [0.1, 0.15) is 50.2 Å². The van der Waals surface area contributed by atoms with Crippen LogP contribution in [0.3, 0.4) is 0 Å². The summed E-state index contributed by atoms with van der Waals surface area (Å²) < 4.78 is 6.61. The molecule has 3 rings (SSSR count). The van der Waals surface area contributed by atoms with Crippen LogP contribution >= 0.6 is 0 Å². The lowest BCUT2D eigenvalue weighted by Crippen LogP contribution is -2.29. The van der Waals surface area contributed by atoms with Gasteiger partial charge in [0.15, 0.2) is 0 Å². The topological polar surface area (TPSA) is 114 Å². The highest BCUT2D eigenvalue weighted by Crippen LogP contribution is 2.25. The summed E-state index contributed by atoms with van der Waals surface area (Å²) >= 11 is 0. The predicted molar refractivity (Wildman–Crippen MR) is 124 cm³/mol. The smallest absolute Gasteiger partial charge is 0.320 e. The van der Waals surface area contributed by atoms with E-state index in [4.69, 9.17) is 4.74 Å². The summed E-state index contributed by atoms with van der Waals surface area (Å²) in [5.74, 6) is 1.42. The number of carbonyl (C=O) groups is 1. The average Bonchev–Trinajstić information content (AvgIpc) is 3.16. The number of ether oxygens (including phenoxy) is 1. The second kappa shape index (κ2) is 9.25. The molecule has 32 heavy (non-hydrogen) atoms. The highest BCUT2D eigenvalue weighted by molar-refractivity contribution is 5.88. The Morgan fingerprint density at radius 1 is 1.22 bits per heavy atom. The number of benzene rings is 1. The van der Waals surface area contributed by atoms with Gasteiger partial charge in [0.05, 0.1) is 12.8 Å². The number of hydrogen-bond acceptors (Lipinski definition) is 5. The summed E-state index contributed by atoms with van der Waals surface area (Å²) in [5.41, 5.74) is 2.47. The number of anilines is 1. The number of nitrogens with zero attached hydrogens (tertiary/aromatic N) is 3. The van der Waals surface area contributed by atoms with Crippen molar-refractivity contribution in [2.45, 2.75) is 53.0 Å². The normalized spacial score (nSPS) is 11.3. The highest BCUT2D eigenvalue weighted by atomic mass is 16.5. The van der Waals surface area contributed by atoms with Gasteiger partial charge in [-0.3, -0.25) is 15.1 Å². The van der Waals surface area contributed by atoms with Crippen LogP contribution in [0.2, 0.25) is 0 Å². The Hall–Kier alpha value is -3.62. The lowest BCUT2D eigenvalue weighted by molar-refractivity contribution is 0.251. The van der Waals surface area contributed by atoms with Gasteiger partial charge in [-0.05, 0) is 31.0 Å². The minimum Gasteiger partial charge on any atom is -0.497 e. The quantitative estimate of drug-likeness (QED) is 0.545. The fourth-order valence-corrected chi connectivity index (χ4v) is 3.20. The average molecular weight is 439 g/mol. The van der Waals surface area contributed by atoms with Crippen LogP contribution < -0.4 is 20.9 Å². The largest absolute Gasteiger partial charge is 0.497 e. The van der Waals surface area contributed by atoms with E-state index in [9.17, 15) is 9.59 Å². The molecule has 0 aliphatic rings. The lowest BCUT2D eigenvalue weighted by Gasteiger charge is -2.14. The molecule has 170 valence electrons. The van der Waals surface area contributed by atoms with E-state index in [1.807, 2.05) is 52.0 Å². The monoisotopic (exact) mass is 438 g/mol. The van der Waals surface area contributed by atoms with Crippen molar-refractivity contribution in [2.24, 2.45) is 0 Å². The molecular formula is C23H30N6O3. The first-order valence-electron chi connectivity index (χ1n) is 10.5. The molecule has 2 heterocycles. The molecule has 0 radical (unpaired) electrons. The molecule has 0 atom stereocenters. The first kappa shape index (κ1) is 23.1. The number of carbonyl (C=O) groups excluding carboxylic acids is 1. The van der Waals surface area contributed by atoms with Gasteiger partial charge in [-0.25, -0.2) is 9.78 Å². The third-order valence-electron chi connectivity index (χ3n) is 5.10. The molecule has 0 spiro atoms. The van der Waals surface area contributed by atoms with Gasteiger partial charge in [-0.1, -0.05) is 39.8 Å². The Labute approximate surface area is 187 Å². The molecule has 0 unspecified atom stereocenters. The molecule has 0 aliphatic heterocycles. The molecule has 3 aromatic rings. The van der Waals surface area contributed by atoms with E-state index >= 15 is 0 Å². The number of nitrogens with one attached hydrogen (secondary N) is 3. The Bertz CT molecular complexity index is 1160. The Balaban J connectivity index is 1.86. The van der Waals surface area contributed by atoms with Crippen LogP contribution in [-0.2, 0) is 18.4 Å². The van der Waals surface area contributed by atoms with E-state index in [1.54, 1.807) is 20.1 Å². The number of urea groups is 1. The summed E-state index contributed by atoms with van der Waals surface area (Å²) in [5, 5.41) is 10.3. The summed E-state index contributed by atoms with van der Waals surface area (Å²) in [6.45, 7) is 10.1. The third kappa shape index (κ3) is 5.16. The second-order valence-corrected chi connectivity index (χ2v) is 8.54.